The molecular weight excluding hydrogens is 473 g/mol. The number of rotatable bonds is 5. The molecule has 0 radical (unpaired) electrons. The molecule has 1 saturated carbocycles. The molecule has 1 N–H and O–H groups in total. The van der Waals surface area contributed by atoms with E-state index in [-0.39, 0.29) is 17.7 Å². The van der Waals surface area contributed by atoms with E-state index in [1.54, 1.807) is 12.3 Å². The van der Waals surface area contributed by atoms with Crippen LogP contribution in [0.5, 0.6) is 0 Å². The third kappa shape index (κ3) is 4.66. The quantitative estimate of drug-likeness (QED) is 0.498. The molecule has 1 aliphatic carbocycles. The van der Waals surface area contributed by atoms with E-state index in [1.807, 2.05) is 23.1 Å². The Hall–Kier alpha value is -2.57. The number of amides is 1. The van der Waals surface area contributed by atoms with Gasteiger partial charge in [-0.15, -0.1) is 0 Å². The molecule has 178 valence electrons. The molecule has 3 aromatic rings. The standard InChI is InChI=1S/C26H27Cl2N3O3/c27-19-10-17(11-20(28)13-19)14-31-23-15-30(9-7-21(23)22-2-1-8-29-25(22)31)24(32)12-16-3-5-18(6-4-16)26(33)34/h1-2,8,10-11,13,16,18H,3-7,9,12,14-15H2,(H,33,34). The molecule has 8 heteroatoms. The summed E-state index contributed by atoms with van der Waals surface area (Å²) in [4.78, 5) is 31.0. The van der Waals surface area contributed by atoms with Gasteiger partial charge in [-0.05, 0) is 79.5 Å². The summed E-state index contributed by atoms with van der Waals surface area (Å²) in [6, 6.07) is 9.59. The van der Waals surface area contributed by atoms with Gasteiger partial charge >= 0.3 is 5.97 Å². The van der Waals surface area contributed by atoms with E-state index in [1.165, 1.54) is 5.56 Å². The van der Waals surface area contributed by atoms with Crippen LogP contribution in [0.25, 0.3) is 11.0 Å². The van der Waals surface area contributed by atoms with Gasteiger partial charge in [0.25, 0.3) is 0 Å². The molecule has 1 amide bonds. The number of benzene rings is 1. The zero-order valence-electron chi connectivity index (χ0n) is 18.8. The number of hydrogen-bond acceptors (Lipinski definition) is 3. The smallest absolute Gasteiger partial charge is 0.306 e. The Kier molecular flexibility index (Phi) is 6.54. The van der Waals surface area contributed by atoms with E-state index in [0.717, 1.165) is 41.6 Å². The first-order valence-corrected chi connectivity index (χ1v) is 12.5. The number of carbonyl (C=O) groups excluding carboxylic acids is 1. The van der Waals surface area contributed by atoms with Crippen LogP contribution in [-0.2, 0) is 29.1 Å². The van der Waals surface area contributed by atoms with Gasteiger partial charge in [-0.2, -0.15) is 0 Å². The Morgan fingerprint density at radius 1 is 1.09 bits per heavy atom. The minimum absolute atomic E-state index is 0.153. The van der Waals surface area contributed by atoms with Gasteiger partial charge in [-0.25, -0.2) is 4.98 Å². The number of fused-ring (bicyclic) bond motifs is 3. The lowest BCUT2D eigenvalue weighted by Gasteiger charge is -2.31. The molecule has 3 heterocycles. The van der Waals surface area contributed by atoms with Crippen molar-refractivity contribution in [1.82, 2.24) is 14.5 Å². The summed E-state index contributed by atoms with van der Waals surface area (Å²) in [7, 11) is 0. The molecule has 0 unspecified atom stereocenters. The number of pyridine rings is 1. The molecule has 2 aliphatic rings. The summed E-state index contributed by atoms with van der Waals surface area (Å²) in [6.45, 7) is 1.81. The highest BCUT2D eigenvalue weighted by Gasteiger charge is 2.31. The van der Waals surface area contributed by atoms with Gasteiger partial charge in [0.15, 0.2) is 0 Å². The number of carbonyl (C=O) groups is 2. The van der Waals surface area contributed by atoms with Gasteiger partial charge in [-0.3, -0.25) is 9.59 Å². The minimum Gasteiger partial charge on any atom is -0.481 e. The fourth-order valence-electron chi connectivity index (χ4n) is 5.52. The molecule has 34 heavy (non-hydrogen) atoms. The molecule has 0 spiro atoms. The monoisotopic (exact) mass is 499 g/mol. The van der Waals surface area contributed by atoms with Crippen LogP contribution >= 0.6 is 23.2 Å². The second kappa shape index (κ2) is 9.59. The van der Waals surface area contributed by atoms with Gasteiger partial charge in [-0.1, -0.05) is 23.2 Å². The van der Waals surface area contributed by atoms with Crippen LogP contribution in [0.2, 0.25) is 10.0 Å². The van der Waals surface area contributed by atoms with Crippen LogP contribution in [0, 0.1) is 11.8 Å². The first-order valence-electron chi connectivity index (χ1n) is 11.8. The van der Waals surface area contributed by atoms with Crippen LogP contribution in [0.1, 0.15) is 48.9 Å². The first kappa shape index (κ1) is 23.2. The zero-order valence-corrected chi connectivity index (χ0v) is 20.4. The van der Waals surface area contributed by atoms with E-state index in [2.05, 4.69) is 15.6 Å². The summed E-state index contributed by atoms with van der Waals surface area (Å²) < 4.78 is 2.18. The van der Waals surface area contributed by atoms with Crippen LogP contribution in [0.3, 0.4) is 0 Å². The van der Waals surface area contributed by atoms with E-state index >= 15 is 0 Å². The van der Waals surface area contributed by atoms with Crippen LogP contribution < -0.4 is 0 Å². The lowest BCUT2D eigenvalue weighted by molar-refractivity contribution is -0.143. The lowest BCUT2D eigenvalue weighted by Crippen LogP contribution is -2.38. The van der Waals surface area contributed by atoms with E-state index in [9.17, 15) is 14.7 Å². The maximum Gasteiger partial charge on any atom is 0.306 e. The van der Waals surface area contributed by atoms with Gasteiger partial charge in [0.1, 0.15) is 5.65 Å². The molecule has 1 aliphatic heterocycles. The normalized spacial score (nSPS) is 20.4. The summed E-state index contributed by atoms with van der Waals surface area (Å²) in [5.41, 5.74) is 4.26. The average Bonchev–Trinajstić information content (AvgIpc) is 3.12. The Morgan fingerprint density at radius 3 is 2.53 bits per heavy atom. The molecule has 1 fully saturated rings. The fraction of sp³-hybridized carbons (Fsp3) is 0.423. The average molecular weight is 500 g/mol. The van der Waals surface area contributed by atoms with Crippen LogP contribution in [-0.4, -0.2) is 38.0 Å². The Bertz CT molecular complexity index is 1230. The Morgan fingerprint density at radius 2 is 1.82 bits per heavy atom. The number of aliphatic carboxylic acids is 1. The van der Waals surface area contributed by atoms with E-state index in [0.29, 0.717) is 48.9 Å². The summed E-state index contributed by atoms with van der Waals surface area (Å²) >= 11 is 12.5. The second-order valence-corrected chi connectivity index (χ2v) is 10.4. The third-order valence-electron chi connectivity index (χ3n) is 7.29. The highest BCUT2D eigenvalue weighted by Crippen LogP contribution is 2.34. The van der Waals surface area contributed by atoms with Crippen molar-refractivity contribution in [2.24, 2.45) is 11.8 Å². The van der Waals surface area contributed by atoms with Crippen molar-refractivity contribution < 1.29 is 14.7 Å². The Balaban J connectivity index is 1.37. The van der Waals surface area contributed by atoms with Crippen molar-refractivity contribution in [1.29, 1.82) is 0 Å². The fourth-order valence-corrected chi connectivity index (χ4v) is 6.09. The largest absolute Gasteiger partial charge is 0.481 e. The zero-order chi connectivity index (χ0) is 23.8. The number of nitrogens with zero attached hydrogens (tertiary/aromatic N) is 3. The maximum atomic E-state index is 13.2. The maximum absolute atomic E-state index is 13.2. The summed E-state index contributed by atoms with van der Waals surface area (Å²) in [6.07, 6.45) is 6.02. The lowest BCUT2D eigenvalue weighted by atomic mass is 9.80. The van der Waals surface area contributed by atoms with Crippen LogP contribution in [0.15, 0.2) is 36.5 Å². The summed E-state index contributed by atoms with van der Waals surface area (Å²) in [5, 5.41) is 11.5. The van der Waals surface area contributed by atoms with Crippen molar-refractivity contribution in [3.05, 3.63) is 63.4 Å². The number of hydrogen-bond donors (Lipinski definition) is 1. The molecule has 1 aromatic carbocycles. The van der Waals surface area contributed by atoms with Crippen molar-refractivity contribution in [3.63, 3.8) is 0 Å². The first-order chi connectivity index (χ1) is 16.4. The van der Waals surface area contributed by atoms with Gasteiger partial charge in [0.05, 0.1) is 12.5 Å². The molecule has 0 saturated heterocycles. The van der Waals surface area contributed by atoms with Crippen molar-refractivity contribution >= 4 is 46.1 Å². The van der Waals surface area contributed by atoms with Crippen LogP contribution in [0.4, 0.5) is 0 Å². The third-order valence-corrected chi connectivity index (χ3v) is 7.73. The second-order valence-electron chi connectivity index (χ2n) is 9.49. The van der Waals surface area contributed by atoms with Crippen molar-refractivity contribution in [3.8, 4) is 0 Å². The SMILES string of the molecule is O=C(O)C1CCC(CC(=O)N2CCc3c(n(Cc4cc(Cl)cc(Cl)c4)c4ncccc34)C2)CC1. The number of aromatic nitrogens is 2. The van der Waals surface area contributed by atoms with E-state index < -0.39 is 5.97 Å². The number of halogens is 2. The number of carboxylic acid groups (broad SMARTS) is 1. The highest BCUT2D eigenvalue weighted by molar-refractivity contribution is 6.34. The molecule has 0 bridgehead atoms. The number of carboxylic acids is 1. The van der Waals surface area contributed by atoms with Crippen molar-refractivity contribution in [2.75, 3.05) is 6.54 Å². The highest BCUT2D eigenvalue weighted by atomic mass is 35.5. The minimum atomic E-state index is -0.712. The molecule has 0 atom stereocenters. The topological polar surface area (TPSA) is 75.4 Å². The summed E-state index contributed by atoms with van der Waals surface area (Å²) in [5.74, 6) is -0.548. The van der Waals surface area contributed by atoms with Gasteiger partial charge < -0.3 is 14.6 Å². The molecule has 5 rings (SSSR count). The Labute approximate surface area is 208 Å². The predicted molar refractivity (Wildman–Crippen MR) is 132 cm³/mol. The van der Waals surface area contributed by atoms with Gasteiger partial charge in [0.2, 0.25) is 5.91 Å². The molecule has 6 nitrogen and oxygen atoms in total. The van der Waals surface area contributed by atoms with E-state index in [4.69, 9.17) is 23.2 Å². The molecule has 2 aromatic heterocycles. The van der Waals surface area contributed by atoms with Gasteiger partial charge in [0, 0.05) is 46.8 Å². The predicted octanol–water partition coefficient (Wildman–Crippen LogP) is 5.56. The molecular formula is C26H27Cl2N3O3. The van der Waals surface area contributed by atoms with Crippen molar-refractivity contribution in [2.45, 2.75) is 51.6 Å².